The second kappa shape index (κ2) is 6.64. The van der Waals surface area contributed by atoms with Crippen LogP contribution in [0, 0.1) is 0 Å². The molecule has 0 aliphatic carbocycles. The molecule has 1 aromatic carbocycles. The molecule has 19 heavy (non-hydrogen) atoms. The van der Waals surface area contributed by atoms with Crippen LogP contribution in [0.15, 0.2) is 48.4 Å². The zero-order valence-corrected chi connectivity index (χ0v) is 12.3. The average molecular weight is 294 g/mol. The topological polar surface area (TPSA) is 21.3 Å². The molecule has 100 valence electrons. The molecular weight excluding hydrogens is 278 g/mol. The van der Waals surface area contributed by atoms with E-state index in [-0.39, 0.29) is 6.04 Å². The molecule has 1 aromatic heterocycles. The van der Waals surface area contributed by atoms with Gasteiger partial charge in [-0.2, -0.15) is 0 Å². The number of ether oxygens (including phenoxy) is 1. The van der Waals surface area contributed by atoms with Crippen molar-refractivity contribution in [3.63, 3.8) is 0 Å². The van der Waals surface area contributed by atoms with E-state index in [1.807, 2.05) is 24.3 Å². The van der Waals surface area contributed by atoms with E-state index in [1.165, 1.54) is 4.88 Å². The summed E-state index contributed by atoms with van der Waals surface area (Å²) in [7, 11) is 1.64. The van der Waals surface area contributed by atoms with Crippen LogP contribution in [0.2, 0.25) is 5.02 Å². The molecule has 0 spiro atoms. The monoisotopic (exact) mass is 293 g/mol. The normalized spacial score (nSPS) is 11.9. The molecule has 2 aromatic rings. The highest BCUT2D eigenvalue weighted by molar-refractivity contribution is 7.10. The lowest BCUT2D eigenvalue weighted by Crippen LogP contribution is -2.09. The Morgan fingerprint density at radius 2 is 2.32 bits per heavy atom. The molecular formula is C15H16ClNOS. The first-order valence-corrected chi connectivity index (χ1v) is 7.24. The van der Waals surface area contributed by atoms with Gasteiger partial charge in [0.15, 0.2) is 0 Å². The summed E-state index contributed by atoms with van der Waals surface area (Å²) in [4.78, 5) is 1.27. The van der Waals surface area contributed by atoms with E-state index >= 15 is 0 Å². The van der Waals surface area contributed by atoms with Crippen molar-refractivity contribution in [2.45, 2.75) is 12.5 Å². The van der Waals surface area contributed by atoms with E-state index in [2.05, 4.69) is 29.4 Å². The minimum absolute atomic E-state index is 0.201. The summed E-state index contributed by atoms with van der Waals surface area (Å²) >= 11 is 7.70. The average Bonchev–Trinajstić information content (AvgIpc) is 2.94. The molecule has 2 rings (SSSR count). The first kappa shape index (κ1) is 14.0. The summed E-state index contributed by atoms with van der Waals surface area (Å²) in [5.74, 6) is 0.748. The Morgan fingerprint density at radius 3 is 2.95 bits per heavy atom. The van der Waals surface area contributed by atoms with Gasteiger partial charge >= 0.3 is 0 Å². The number of hydrogen-bond acceptors (Lipinski definition) is 3. The van der Waals surface area contributed by atoms with Crippen LogP contribution in [0.5, 0.6) is 5.75 Å². The third-order valence-electron chi connectivity index (χ3n) is 2.78. The van der Waals surface area contributed by atoms with Crippen LogP contribution in [0.4, 0.5) is 5.69 Å². The van der Waals surface area contributed by atoms with E-state index in [9.17, 15) is 0 Å². The van der Waals surface area contributed by atoms with Crippen molar-refractivity contribution in [1.82, 2.24) is 0 Å². The van der Waals surface area contributed by atoms with Gasteiger partial charge in [-0.25, -0.2) is 0 Å². The SMILES string of the molecule is C=CCC(Nc1ccc(Cl)cc1OC)c1cccs1. The van der Waals surface area contributed by atoms with Crippen LogP contribution in [-0.4, -0.2) is 7.11 Å². The number of anilines is 1. The van der Waals surface area contributed by atoms with Gasteiger partial charge in [0.2, 0.25) is 0 Å². The van der Waals surface area contributed by atoms with Crippen LogP contribution in [0.25, 0.3) is 0 Å². The van der Waals surface area contributed by atoms with Crippen LogP contribution >= 0.6 is 22.9 Å². The minimum atomic E-state index is 0.201. The number of nitrogens with one attached hydrogen (secondary N) is 1. The van der Waals surface area contributed by atoms with Gasteiger partial charge in [-0.1, -0.05) is 23.7 Å². The fourth-order valence-electron chi connectivity index (χ4n) is 1.87. The third kappa shape index (κ3) is 3.52. The quantitative estimate of drug-likeness (QED) is 0.745. The van der Waals surface area contributed by atoms with Crippen molar-refractivity contribution in [3.05, 3.63) is 58.3 Å². The van der Waals surface area contributed by atoms with Gasteiger partial charge in [-0.05, 0) is 30.0 Å². The Hall–Kier alpha value is -1.45. The minimum Gasteiger partial charge on any atom is -0.495 e. The second-order valence-electron chi connectivity index (χ2n) is 4.08. The van der Waals surface area contributed by atoms with Gasteiger partial charge in [-0.15, -0.1) is 17.9 Å². The summed E-state index contributed by atoms with van der Waals surface area (Å²) in [6.07, 6.45) is 2.77. The molecule has 2 nitrogen and oxygen atoms in total. The lowest BCUT2D eigenvalue weighted by Gasteiger charge is -2.19. The van der Waals surface area contributed by atoms with Crippen molar-refractivity contribution in [1.29, 1.82) is 0 Å². The fraction of sp³-hybridized carbons (Fsp3) is 0.200. The van der Waals surface area contributed by atoms with Crippen molar-refractivity contribution in [2.24, 2.45) is 0 Å². The van der Waals surface area contributed by atoms with Gasteiger partial charge in [0, 0.05) is 16.0 Å². The second-order valence-corrected chi connectivity index (χ2v) is 5.50. The molecule has 0 saturated heterocycles. The largest absolute Gasteiger partial charge is 0.495 e. The molecule has 4 heteroatoms. The van der Waals surface area contributed by atoms with E-state index in [1.54, 1.807) is 18.4 Å². The summed E-state index contributed by atoms with van der Waals surface area (Å²) in [5.41, 5.74) is 0.937. The number of halogens is 1. The highest BCUT2D eigenvalue weighted by Crippen LogP contribution is 2.33. The Labute approximate surface area is 122 Å². The molecule has 0 aliphatic rings. The van der Waals surface area contributed by atoms with Crippen LogP contribution < -0.4 is 10.1 Å². The van der Waals surface area contributed by atoms with Crippen molar-refractivity contribution in [3.8, 4) is 5.75 Å². The van der Waals surface area contributed by atoms with E-state index in [0.29, 0.717) is 5.02 Å². The number of hydrogen-bond donors (Lipinski definition) is 1. The molecule has 1 atom stereocenters. The summed E-state index contributed by atoms with van der Waals surface area (Å²) in [6.45, 7) is 3.82. The molecule has 0 aliphatic heterocycles. The molecule has 1 heterocycles. The fourth-order valence-corrected chi connectivity index (χ4v) is 2.83. The van der Waals surface area contributed by atoms with Crippen LogP contribution in [0.3, 0.4) is 0 Å². The van der Waals surface area contributed by atoms with Crippen molar-refractivity contribution in [2.75, 3.05) is 12.4 Å². The summed E-state index contributed by atoms with van der Waals surface area (Å²) in [5, 5.41) is 6.23. The molecule has 1 N–H and O–H groups in total. The summed E-state index contributed by atoms with van der Waals surface area (Å²) in [6, 6.07) is 9.97. The number of rotatable bonds is 6. The Kier molecular flexibility index (Phi) is 4.88. The first-order chi connectivity index (χ1) is 9.24. The number of benzene rings is 1. The maximum absolute atomic E-state index is 5.97. The lowest BCUT2D eigenvalue weighted by molar-refractivity contribution is 0.416. The number of thiophene rings is 1. The highest BCUT2D eigenvalue weighted by Gasteiger charge is 2.13. The van der Waals surface area contributed by atoms with Crippen molar-refractivity contribution >= 4 is 28.6 Å². The van der Waals surface area contributed by atoms with Gasteiger partial charge in [-0.3, -0.25) is 0 Å². The smallest absolute Gasteiger partial charge is 0.143 e. The Balaban J connectivity index is 2.24. The molecule has 0 bridgehead atoms. The number of methoxy groups -OCH3 is 1. The van der Waals surface area contributed by atoms with Crippen molar-refractivity contribution < 1.29 is 4.74 Å². The molecule has 0 amide bonds. The Bertz CT molecular complexity index is 539. The van der Waals surface area contributed by atoms with E-state index in [0.717, 1.165) is 17.9 Å². The Morgan fingerprint density at radius 1 is 1.47 bits per heavy atom. The standard InChI is InChI=1S/C15H16ClNOS/c1-3-5-13(15-6-4-9-19-15)17-12-8-7-11(16)10-14(12)18-2/h3-4,6-10,13,17H,1,5H2,2H3. The van der Waals surface area contributed by atoms with Gasteiger partial charge < -0.3 is 10.1 Å². The zero-order chi connectivity index (χ0) is 13.7. The van der Waals surface area contributed by atoms with E-state index < -0.39 is 0 Å². The van der Waals surface area contributed by atoms with Gasteiger partial charge in [0.05, 0.1) is 18.8 Å². The van der Waals surface area contributed by atoms with Crippen LogP contribution in [-0.2, 0) is 0 Å². The van der Waals surface area contributed by atoms with E-state index in [4.69, 9.17) is 16.3 Å². The van der Waals surface area contributed by atoms with Gasteiger partial charge in [0.25, 0.3) is 0 Å². The predicted octanol–water partition coefficient (Wildman–Crippen LogP) is 5.14. The van der Waals surface area contributed by atoms with Gasteiger partial charge in [0.1, 0.15) is 5.75 Å². The van der Waals surface area contributed by atoms with Crippen LogP contribution in [0.1, 0.15) is 17.3 Å². The predicted molar refractivity (Wildman–Crippen MR) is 83.5 cm³/mol. The zero-order valence-electron chi connectivity index (χ0n) is 10.7. The maximum Gasteiger partial charge on any atom is 0.143 e. The molecule has 0 saturated carbocycles. The molecule has 0 radical (unpaired) electrons. The third-order valence-corrected chi connectivity index (χ3v) is 4.00. The summed E-state index contributed by atoms with van der Waals surface area (Å²) < 4.78 is 5.35. The first-order valence-electron chi connectivity index (χ1n) is 5.99. The lowest BCUT2D eigenvalue weighted by atomic mass is 10.1. The maximum atomic E-state index is 5.97. The molecule has 0 fully saturated rings. The highest BCUT2D eigenvalue weighted by atomic mass is 35.5. The molecule has 1 unspecified atom stereocenters.